The Bertz CT molecular complexity index is 782. The van der Waals surface area contributed by atoms with E-state index in [9.17, 15) is 13.2 Å². The van der Waals surface area contributed by atoms with Crippen LogP contribution in [0.5, 0.6) is 0 Å². The number of nitrogens with one attached hydrogen (secondary N) is 2. The Kier molecular flexibility index (Phi) is 4.00. The lowest BCUT2D eigenvalue weighted by Crippen LogP contribution is -2.26. The van der Waals surface area contributed by atoms with Crippen LogP contribution in [0.3, 0.4) is 0 Å². The number of sulfonamides is 1. The van der Waals surface area contributed by atoms with E-state index in [1.165, 1.54) is 6.07 Å². The van der Waals surface area contributed by atoms with Crippen LogP contribution in [0.15, 0.2) is 45.9 Å². The fourth-order valence-electron chi connectivity index (χ4n) is 2.37. The van der Waals surface area contributed by atoms with Crippen LogP contribution in [0.25, 0.3) is 0 Å². The van der Waals surface area contributed by atoms with Crippen LogP contribution in [0.2, 0.25) is 0 Å². The molecule has 6 nitrogen and oxygen atoms in total. The zero-order chi connectivity index (χ0) is 15.6. The van der Waals surface area contributed by atoms with Gasteiger partial charge in [-0.05, 0) is 42.3 Å². The van der Waals surface area contributed by atoms with Gasteiger partial charge in [0.1, 0.15) is 5.76 Å². The van der Waals surface area contributed by atoms with Gasteiger partial charge in [0.2, 0.25) is 15.9 Å². The number of carbonyl (C=O) groups excluding carboxylic acids is 1. The number of benzene rings is 1. The van der Waals surface area contributed by atoms with Crippen LogP contribution in [0.1, 0.15) is 17.7 Å². The Morgan fingerprint density at radius 2 is 2.09 bits per heavy atom. The average molecular weight is 320 g/mol. The van der Waals surface area contributed by atoms with Crippen LogP contribution >= 0.6 is 0 Å². The average Bonchev–Trinajstić information content (AvgIpc) is 2.99. The summed E-state index contributed by atoms with van der Waals surface area (Å²) in [5.74, 6) is 0.690. The van der Waals surface area contributed by atoms with Crippen LogP contribution in [0.4, 0.5) is 5.69 Å². The first-order chi connectivity index (χ1) is 10.5. The minimum absolute atomic E-state index is 0.0420. The number of rotatable bonds is 5. The number of anilines is 1. The predicted octanol–water partition coefficient (Wildman–Crippen LogP) is 1.69. The zero-order valence-corrected chi connectivity index (χ0v) is 12.7. The molecular formula is C15H16N2O4S. The third-order valence-corrected chi connectivity index (χ3v) is 4.98. The van der Waals surface area contributed by atoms with Crippen molar-refractivity contribution in [3.05, 3.63) is 47.9 Å². The van der Waals surface area contributed by atoms with Gasteiger partial charge < -0.3 is 9.73 Å². The molecule has 1 amide bonds. The highest BCUT2D eigenvalue weighted by atomic mass is 32.2. The lowest BCUT2D eigenvalue weighted by atomic mass is 10.0. The van der Waals surface area contributed by atoms with Crippen molar-refractivity contribution < 1.29 is 17.6 Å². The van der Waals surface area contributed by atoms with Crippen LogP contribution in [-0.2, 0) is 27.7 Å². The number of fused-ring (bicyclic) bond motifs is 1. The molecule has 0 spiro atoms. The summed E-state index contributed by atoms with van der Waals surface area (Å²) in [5, 5.41) is 2.73. The van der Waals surface area contributed by atoms with Crippen molar-refractivity contribution >= 4 is 21.6 Å². The Balaban J connectivity index is 1.70. The molecular weight excluding hydrogens is 304 g/mol. The van der Waals surface area contributed by atoms with Crippen LogP contribution in [0, 0.1) is 0 Å². The topological polar surface area (TPSA) is 88.4 Å². The van der Waals surface area contributed by atoms with Crippen molar-refractivity contribution in [2.75, 3.05) is 11.9 Å². The minimum atomic E-state index is -3.56. The van der Waals surface area contributed by atoms with E-state index in [1.54, 1.807) is 30.5 Å². The van der Waals surface area contributed by atoms with E-state index in [1.807, 2.05) is 0 Å². The summed E-state index contributed by atoms with van der Waals surface area (Å²) in [6.07, 6.45) is 2.98. The quantitative estimate of drug-likeness (QED) is 0.877. The Hall–Kier alpha value is -2.12. The SMILES string of the molecule is O=C1CCc2cc(S(=O)(=O)NCCc3ccco3)ccc2N1. The van der Waals surface area contributed by atoms with Crippen LogP contribution < -0.4 is 10.0 Å². The van der Waals surface area contributed by atoms with Crippen molar-refractivity contribution in [2.45, 2.75) is 24.2 Å². The number of carbonyl (C=O) groups is 1. The molecule has 7 heteroatoms. The largest absolute Gasteiger partial charge is 0.469 e. The van der Waals surface area contributed by atoms with Crippen molar-refractivity contribution in [1.82, 2.24) is 4.72 Å². The number of hydrogen-bond donors (Lipinski definition) is 2. The smallest absolute Gasteiger partial charge is 0.240 e. The molecule has 116 valence electrons. The number of amides is 1. The predicted molar refractivity (Wildman–Crippen MR) is 81.0 cm³/mol. The normalized spacial score (nSPS) is 14.5. The summed E-state index contributed by atoms with van der Waals surface area (Å²) in [6, 6.07) is 8.31. The first-order valence-corrected chi connectivity index (χ1v) is 8.48. The summed E-state index contributed by atoms with van der Waals surface area (Å²) in [5.41, 5.74) is 1.53. The summed E-state index contributed by atoms with van der Waals surface area (Å²) in [6.45, 7) is 0.268. The first-order valence-electron chi connectivity index (χ1n) is 6.99. The molecule has 22 heavy (non-hydrogen) atoms. The number of aryl methyl sites for hydroxylation is 1. The van der Waals surface area contributed by atoms with E-state index >= 15 is 0 Å². The fourth-order valence-corrected chi connectivity index (χ4v) is 3.46. The molecule has 2 heterocycles. The van der Waals surface area contributed by atoms with Crippen LogP contribution in [-0.4, -0.2) is 20.9 Å². The van der Waals surface area contributed by atoms with Gasteiger partial charge in [-0.3, -0.25) is 4.79 Å². The summed E-state index contributed by atoms with van der Waals surface area (Å²) < 4.78 is 32.3. The zero-order valence-electron chi connectivity index (χ0n) is 11.8. The summed E-state index contributed by atoms with van der Waals surface area (Å²) in [4.78, 5) is 11.5. The third-order valence-electron chi connectivity index (χ3n) is 3.53. The first kappa shape index (κ1) is 14.8. The van der Waals surface area contributed by atoms with Gasteiger partial charge in [-0.25, -0.2) is 13.1 Å². The van der Waals surface area contributed by atoms with E-state index in [0.29, 0.717) is 24.9 Å². The molecule has 0 fully saturated rings. The molecule has 0 atom stereocenters. The van der Waals surface area contributed by atoms with E-state index in [4.69, 9.17) is 4.42 Å². The van der Waals surface area contributed by atoms with Gasteiger partial charge in [-0.2, -0.15) is 0 Å². The highest BCUT2D eigenvalue weighted by Crippen LogP contribution is 2.25. The van der Waals surface area contributed by atoms with E-state index in [0.717, 1.165) is 11.3 Å². The van der Waals surface area contributed by atoms with Gasteiger partial charge in [0.05, 0.1) is 11.2 Å². The Morgan fingerprint density at radius 3 is 2.86 bits per heavy atom. The van der Waals surface area contributed by atoms with Crippen molar-refractivity contribution in [3.8, 4) is 0 Å². The second kappa shape index (κ2) is 5.94. The molecule has 2 aromatic rings. The lowest BCUT2D eigenvalue weighted by molar-refractivity contribution is -0.116. The second-order valence-electron chi connectivity index (χ2n) is 5.09. The third kappa shape index (κ3) is 3.20. The Morgan fingerprint density at radius 1 is 1.23 bits per heavy atom. The van der Waals surface area contributed by atoms with Gasteiger partial charge in [0.15, 0.2) is 0 Å². The number of hydrogen-bond acceptors (Lipinski definition) is 4. The monoisotopic (exact) mass is 320 g/mol. The maximum Gasteiger partial charge on any atom is 0.240 e. The minimum Gasteiger partial charge on any atom is -0.469 e. The van der Waals surface area contributed by atoms with E-state index < -0.39 is 10.0 Å². The maximum absolute atomic E-state index is 12.3. The standard InChI is InChI=1S/C15H16N2O4S/c18-15-6-3-11-10-13(4-5-14(11)17-15)22(19,20)16-8-7-12-2-1-9-21-12/h1-2,4-5,9-10,16H,3,6-8H2,(H,17,18). The molecule has 2 N–H and O–H groups in total. The van der Waals surface area contributed by atoms with Gasteiger partial charge in [-0.1, -0.05) is 0 Å². The Labute approximate surface area is 128 Å². The molecule has 1 aliphatic heterocycles. The van der Waals surface area contributed by atoms with Gasteiger partial charge >= 0.3 is 0 Å². The second-order valence-corrected chi connectivity index (χ2v) is 6.86. The molecule has 0 unspecified atom stereocenters. The highest BCUT2D eigenvalue weighted by molar-refractivity contribution is 7.89. The van der Waals surface area contributed by atoms with Crippen molar-refractivity contribution in [1.29, 1.82) is 0 Å². The molecule has 0 bridgehead atoms. The molecule has 3 rings (SSSR count). The number of furan rings is 1. The van der Waals surface area contributed by atoms with Crippen molar-refractivity contribution in [3.63, 3.8) is 0 Å². The molecule has 1 aromatic heterocycles. The molecule has 0 radical (unpaired) electrons. The van der Waals surface area contributed by atoms with Gasteiger partial charge in [-0.15, -0.1) is 0 Å². The molecule has 0 aliphatic carbocycles. The van der Waals surface area contributed by atoms with Crippen molar-refractivity contribution in [2.24, 2.45) is 0 Å². The summed E-state index contributed by atoms with van der Waals surface area (Å²) in [7, 11) is -3.56. The van der Waals surface area contributed by atoms with E-state index in [-0.39, 0.29) is 17.3 Å². The molecule has 0 saturated heterocycles. The summed E-state index contributed by atoms with van der Waals surface area (Å²) >= 11 is 0. The highest BCUT2D eigenvalue weighted by Gasteiger charge is 2.19. The fraction of sp³-hybridized carbons (Fsp3) is 0.267. The molecule has 0 saturated carbocycles. The molecule has 1 aliphatic rings. The van der Waals surface area contributed by atoms with Gasteiger partial charge in [0, 0.05) is 25.1 Å². The van der Waals surface area contributed by atoms with E-state index in [2.05, 4.69) is 10.0 Å². The maximum atomic E-state index is 12.3. The lowest BCUT2D eigenvalue weighted by Gasteiger charge is -2.17. The molecule has 1 aromatic carbocycles. The van der Waals surface area contributed by atoms with Gasteiger partial charge in [0.25, 0.3) is 0 Å².